The lowest BCUT2D eigenvalue weighted by atomic mass is 10.1. The van der Waals surface area contributed by atoms with Crippen molar-refractivity contribution in [3.8, 4) is 16.9 Å². The molecule has 5 nitrogen and oxygen atoms in total. The van der Waals surface area contributed by atoms with Crippen molar-refractivity contribution in [3.63, 3.8) is 0 Å². The molecule has 0 saturated carbocycles. The van der Waals surface area contributed by atoms with Crippen LogP contribution in [-0.4, -0.2) is 27.4 Å². The van der Waals surface area contributed by atoms with E-state index in [1.807, 2.05) is 25.1 Å². The maximum absolute atomic E-state index is 10.8. The number of benzene rings is 1. The quantitative estimate of drug-likeness (QED) is 0.867. The number of carbonyl (C=O) groups is 1. The van der Waals surface area contributed by atoms with Crippen LogP contribution in [0.5, 0.6) is 5.75 Å². The molecule has 2 N–H and O–H groups in total. The summed E-state index contributed by atoms with van der Waals surface area (Å²) in [7, 11) is 0. The van der Waals surface area contributed by atoms with E-state index in [0.717, 1.165) is 16.8 Å². The average Bonchev–Trinajstić information content (AvgIpc) is 2.76. The number of carboxylic acids is 1. The van der Waals surface area contributed by atoms with Gasteiger partial charge in [0.2, 0.25) is 0 Å². The SMILES string of the molecule is Cc1[nH]ncc1-c1ccccc1O[C@H](C)C(=O)O. The Morgan fingerprint density at radius 2 is 2.11 bits per heavy atom. The Morgan fingerprint density at radius 1 is 1.39 bits per heavy atom. The van der Waals surface area contributed by atoms with Crippen LogP contribution in [0.3, 0.4) is 0 Å². The van der Waals surface area contributed by atoms with Gasteiger partial charge in [-0.3, -0.25) is 5.10 Å². The Labute approximate surface area is 104 Å². The molecule has 0 bridgehead atoms. The van der Waals surface area contributed by atoms with Gasteiger partial charge in [0.1, 0.15) is 5.75 Å². The number of nitrogens with one attached hydrogen (secondary N) is 1. The minimum Gasteiger partial charge on any atom is -0.479 e. The molecule has 18 heavy (non-hydrogen) atoms. The highest BCUT2D eigenvalue weighted by atomic mass is 16.5. The molecule has 0 unspecified atom stereocenters. The number of aromatic amines is 1. The van der Waals surface area contributed by atoms with E-state index in [-0.39, 0.29) is 0 Å². The normalized spacial score (nSPS) is 12.1. The van der Waals surface area contributed by atoms with Gasteiger partial charge in [0.25, 0.3) is 0 Å². The van der Waals surface area contributed by atoms with Crippen LogP contribution < -0.4 is 4.74 Å². The minimum atomic E-state index is -0.992. The maximum atomic E-state index is 10.8. The van der Waals surface area contributed by atoms with Gasteiger partial charge in [-0.1, -0.05) is 18.2 Å². The predicted molar refractivity (Wildman–Crippen MR) is 66.5 cm³/mol. The van der Waals surface area contributed by atoms with Gasteiger partial charge in [0.05, 0.1) is 6.20 Å². The molecule has 5 heteroatoms. The standard InChI is InChI=1S/C13H14N2O3/c1-8-11(7-14-15-8)10-5-3-4-6-12(10)18-9(2)13(16)17/h3-7,9H,1-2H3,(H,14,15)(H,16,17)/t9-/m1/s1. The van der Waals surface area contributed by atoms with Gasteiger partial charge in [-0.05, 0) is 19.9 Å². The zero-order chi connectivity index (χ0) is 13.1. The number of rotatable bonds is 4. The number of ether oxygens (including phenoxy) is 1. The van der Waals surface area contributed by atoms with Crippen molar-refractivity contribution >= 4 is 5.97 Å². The van der Waals surface area contributed by atoms with Crippen molar-refractivity contribution in [1.29, 1.82) is 0 Å². The van der Waals surface area contributed by atoms with Crippen LogP contribution in [-0.2, 0) is 4.79 Å². The third-order valence-electron chi connectivity index (χ3n) is 2.66. The van der Waals surface area contributed by atoms with Gasteiger partial charge in [-0.2, -0.15) is 5.10 Å². The van der Waals surface area contributed by atoms with E-state index >= 15 is 0 Å². The molecule has 1 atom stereocenters. The number of hydrogen-bond acceptors (Lipinski definition) is 3. The van der Waals surface area contributed by atoms with E-state index in [0.29, 0.717) is 5.75 Å². The lowest BCUT2D eigenvalue weighted by Crippen LogP contribution is -2.23. The van der Waals surface area contributed by atoms with Crippen molar-refractivity contribution < 1.29 is 14.6 Å². The number of carboxylic acid groups (broad SMARTS) is 1. The van der Waals surface area contributed by atoms with E-state index in [1.54, 1.807) is 12.3 Å². The molecule has 1 aromatic heterocycles. The smallest absolute Gasteiger partial charge is 0.344 e. The Balaban J connectivity index is 2.38. The fourth-order valence-corrected chi connectivity index (χ4v) is 1.66. The lowest BCUT2D eigenvalue weighted by Gasteiger charge is -2.14. The third kappa shape index (κ3) is 2.34. The summed E-state index contributed by atoms with van der Waals surface area (Å²) in [5.41, 5.74) is 2.65. The summed E-state index contributed by atoms with van der Waals surface area (Å²) >= 11 is 0. The summed E-state index contributed by atoms with van der Waals surface area (Å²) < 4.78 is 5.44. The Bertz CT molecular complexity index is 563. The van der Waals surface area contributed by atoms with Crippen LogP contribution in [0, 0.1) is 6.92 Å². The second kappa shape index (κ2) is 4.91. The van der Waals surface area contributed by atoms with Crippen molar-refractivity contribution in [3.05, 3.63) is 36.2 Å². The molecule has 2 aromatic rings. The van der Waals surface area contributed by atoms with E-state index in [4.69, 9.17) is 9.84 Å². The van der Waals surface area contributed by atoms with E-state index in [1.165, 1.54) is 6.92 Å². The van der Waals surface area contributed by atoms with Crippen molar-refractivity contribution in [1.82, 2.24) is 10.2 Å². The van der Waals surface area contributed by atoms with E-state index < -0.39 is 12.1 Å². The minimum absolute atomic E-state index is 0.539. The molecule has 0 aliphatic rings. The summed E-state index contributed by atoms with van der Waals surface area (Å²) in [5, 5.41) is 15.7. The number of aryl methyl sites for hydroxylation is 1. The molecule has 0 fully saturated rings. The van der Waals surface area contributed by atoms with Crippen LogP contribution in [0.25, 0.3) is 11.1 Å². The molecular weight excluding hydrogens is 232 g/mol. The highest BCUT2D eigenvalue weighted by Crippen LogP contribution is 2.31. The van der Waals surface area contributed by atoms with E-state index in [2.05, 4.69) is 10.2 Å². The molecule has 0 radical (unpaired) electrons. The van der Waals surface area contributed by atoms with Crippen LogP contribution in [0.2, 0.25) is 0 Å². The number of para-hydroxylation sites is 1. The molecule has 0 spiro atoms. The number of aliphatic carboxylic acids is 1. The lowest BCUT2D eigenvalue weighted by molar-refractivity contribution is -0.144. The predicted octanol–water partition coefficient (Wildman–Crippen LogP) is 2.24. The first kappa shape index (κ1) is 12.2. The van der Waals surface area contributed by atoms with Crippen molar-refractivity contribution in [2.45, 2.75) is 20.0 Å². The monoisotopic (exact) mass is 246 g/mol. The zero-order valence-electron chi connectivity index (χ0n) is 10.2. The summed E-state index contributed by atoms with van der Waals surface area (Å²) in [6.07, 6.45) is 0.807. The fourth-order valence-electron chi connectivity index (χ4n) is 1.66. The second-order valence-corrected chi connectivity index (χ2v) is 4.00. The first-order valence-electron chi connectivity index (χ1n) is 5.58. The molecule has 1 heterocycles. The number of hydrogen-bond donors (Lipinski definition) is 2. The Kier molecular flexibility index (Phi) is 3.32. The third-order valence-corrected chi connectivity index (χ3v) is 2.66. The molecule has 0 aliphatic carbocycles. The van der Waals surface area contributed by atoms with Gasteiger partial charge < -0.3 is 9.84 Å². The van der Waals surface area contributed by atoms with Crippen molar-refractivity contribution in [2.75, 3.05) is 0 Å². The number of aromatic nitrogens is 2. The Hall–Kier alpha value is -2.30. The molecule has 2 rings (SSSR count). The first-order valence-corrected chi connectivity index (χ1v) is 5.58. The largest absolute Gasteiger partial charge is 0.479 e. The number of H-pyrrole nitrogens is 1. The Morgan fingerprint density at radius 3 is 2.72 bits per heavy atom. The van der Waals surface area contributed by atoms with Crippen molar-refractivity contribution in [2.24, 2.45) is 0 Å². The summed E-state index contributed by atoms with van der Waals surface area (Å²) in [6.45, 7) is 3.40. The summed E-state index contributed by atoms with van der Waals surface area (Å²) in [6, 6.07) is 7.31. The zero-order valence-corrected chi connectivity index (χ0v) is 10.2. The highest BCUT2D eigenvalue weighted by Gasteiger charge is 2.16. The molecule has 0 amide bonds. The van der Waals surface area contributed by atoms with Gasteiger partial charge >= 0.3 is 5.97 Å². The fraction of sp³-hybridized carbons (Fsp3) is 0.231. The summed E-state index contributed by atoms with van der Waals surface area (Å²) in [5.74, 6) is -0.453. The first-order chi connectivity index (χ1) is 8.59. The summed E-state index contributed by atoms with van der Waals surface area (Å²) in [4.78, 5) is 10.8. The van der Waals surface area contributed by atoms with Gasteiger partial charge in [0, 0.05) is 16.8 Å². The van der Waals surface area contributed by atoms with Crippen LogP contribution in [0.4, 0.5) is 0 Å². The average molecular weight is 246 g/mol. The van der Waals surface area contributed by atoms with Crippen LogP contribution >= 0.6 is 0 Å². The highest BCUT2D eigenvalue weighted by molar-refractivity contribution is 5.75. The molecule has 94 valence electrons. The van der Waals surface area contributed by atoms with Crippen LogP contribution in [0.1, 0.15) is 12.6 Å². The molecular formula is C13H14N2O3. The van der Waals surface area contributed by atoms with Crippen LogP contribution in [0.15, 0.2) is 30.5 Å². The molecule has 0 aliphatic heterocycles. The molecule has 0 saturated heterocycles. The number of nitrogens with zero attached hydrogens (tertiary/aromatic N) is 1. The van der Waals surface area contributed by atoms with Gasteiger partial charge in [-0.25, -0.2) is 4.79 Å². The second-order valence-electron chi connectivity index (χ2n) is 4.00. The van der Waals surface area contributed by atoms with Gasteiger partial charge in [0.15, 0.2) is 6.10 Å². The van der Waals surface area contributed by atoms with E-state index in [9.17, 15) is 4.79 Å². The topological polar surface area (TPSA) is 75.2 Å². The molecule has 1 aromatic carbocycles. The van der Waals surface area contributed by atoms with Gasteiger partial charge in [-0.15, -0.1) is 0 Å². The maximum Gasteiger partial charge on any atom is 0.344 e.